The van der Waals surface area contributed by atoms with Crippen LogP contribution in [0.4, 0.5) is 0 Å². The fourth-order valence-electron chi connectivity index (χ4n) is 7.39. The van der Waals surface area contributed by atoms with Gasteiger partial charge in [0.15, 0.2) is 5.90 Å². The van der Waals surface area contributed by atoms with E-state index in [4.69, 9.17) is 0 Å². The van der Waals surface area contributed by atoms with Gasteiger partial charge in [0.25, 0.3) is 0 Å². The molecule has 0 saturated carbocycles. The Balaban J connectivity index is 0.000000249. The maximum absolute atomic E-state index is 2.32. The number of hydrogen-bond acceptors (Lipinski definition) is 0. The molecule has 0 aliphatic rings. The molecule has 0 heterocycles. The SMILES string of the molecule is [Br-].[Br-].[Pt+2].c1ccc([PH+](CCC[PH+](c2ccccc2)c2ccccc2)c2ccccc2)cc1.c1ccc([PH+](C[PH+](c2ccccc2)c2ccccc2)c2ccccc2)cc1. The summed E-state index contributed by atoms with van der Waals surface area (Å²) in [6, 6.07) is 89.0. The summed E-state index contributed by atoms with van der Waals surface area (Å²) in [7, 11) is -3.18. The average molecular weight is 1160 g/mol. The monoisotopic (exact) mass is 1150 g/mol. The summed E-state index contributed by atoms with van der Waals surface area (Å²) < 4.78 is 0. The minimum absolute atomic E-state index is 0. The Labute approximate surface area is 393 Å². The van der Waals surface area contributed by atoms with Crippen molar-refractivity contribution in [3.63, 3.8) is 0 Å². The third kappa shape index (κ3) is 14.6. The zero-order valence-corrected chi connectivity index (χ0v) is 42.4. The molecule has 0 aliphatic heterocycles. The van der Waals surface area contributed by atoms with E-state index in [0.717, 1.165) is 0 Å². The first-order chi connectivity index (χ1) is 27.8. The van der Waals surface area contributed by atoms with E-state index in [2.05, 4.69) is 243 Å². The molecule has 0 saturated heterocycles. The van der Waals surface area contributed by atoms with Gasteiger partial charge < -0.3 is 34.0 Å². The van der Waals surface area contributed by atoms with Crippen molar-refractivity contribution < 1.29 is 55.0 Å². The molecular weight excluding hydrogens is 1100 g/mol. The molecule has 8 aromatic rings. The van der Waals surface area contributed by atoms with Crippen molar-refractivity contribution in [2.75, 3.05) is 18.2 Å². The molecule has 0 spiro atoms. The van der Waals surface area contributed by atoms with E-state index in [1.165, 1.54) is 67.1 Å². The second kappa shape index (κ2) is 27.2. The molecule has 0 bridgehead atoms. The van der Waals surface area contributed by atoms with Gasteiger partial charge in [-0.2, -0.15) is 0 Å². The average Bonchev–Trinajstić information content (AvgIpc) is 3.29. The molecule has 7 heteroatoms. The van der Waals surface area contributed by atoms with E-state index in [0.29, 0.717) is 0 Å². The second-order valence-corrected chi connectivity index (χ2v) is 24.7. The van der Waals surface area contributed by atoms with Gasteiger partial charge in [0.1, 0.15) is 37.1 Å². The second-order valence-electron chi connectivity index (χ2n) is 13.9. The topological polar surface area (TPSA) is 0 Å². The van der Waals surface area contributed by atoms with Crippen LogP contribution in [0.3, 0.4) is 0 Å². The van der Waals surface area contributed by atoms with E-state index in [9.17, 15) is 0 Å². The Hall–Kier alpha value is -2.87. The first-order valence-corrected chi connectivity index (χ1v) is 26.5. The Morgan fingerprint density at radius 2 is 0.373 bits per heavy atom. The maximum Gasteiger partial charge on any atom is 2.00 e. The van der Waals surface area contributed by atoms with Crippen molar-refractivity contribution in [2.24, 2.45) is 0 Å². The first-order valence-electron chi connectivity index (χ1n) is 19.7. The minimum atomic E-state index is -0.847. The predicted octanol–water partition coefficient (Wildman–Crippen LogP) is 3.79. The van der Waals surface area contributed by atoms with Gasteiger partial charge in [-0.25, -0.2) is 0 Å². The number of hydrogen-bond donors (Lipinski definition) is 0. The quantitative estimate of drug-likeness (QED) is 0.146. The van der Waals surface area contributed by atoms with Gasteiger partial charge in [0.05, 0.1) is 49.4 Å². The third-order valence-corrected chi connectivity index (χ3v) is 23.0. The normalized spacial score (nSPS) is 10.5. The van der Waals surface area contributed by atoms with Crippen LogP contribution in [0.15, 0.2) is 243 Å². The summed E-state index contributed by atoms with van der Waals surface area (Å²) in [4.78, 5) is 0. The summed E-state index contributed by atoms with van der Waals surface area (Å²) in [5.74, 6) is 1.25. The Bertz CT molecular complexity index is 1940. The molecule has 0 aromatic heterocycles. The first kappa shape index (κ1) is 48.8. The van der Waals surface area contributed by atoms with Crippen LogP contribution in [0, 0.1) is 0 Å². The summed E-state index contributed by atoms with van der Waals surface area (Å²) in [6.45, 7) is 0. The van der Waals surface area contributed by atoms with Crippen LogP contribution in [0.25, 0.3) is 0 Å². The third-order valence-electron chi connectivity index (χ3n) is 10.2. The van der Waals surface area contributed by atoms with Gasteiger partial charge in [0.2, 0.25) is 0 Å². The van der Waals surface area contributed by atoms with Crippen LogP contribution >= 0.6 is 31.7 Å². The van der Waals surface area contributed by atoms with Crippen LogP contribution in [0.5, 0.6) is 0 Å². The maximum atomic E-state index is 2.32. The Kier molecular flexibility index (Phi) is 22.5. The minimum Gasteiger partial charge on any atom is -1.00 e. The van der Waals surface area contributed by atoms with Crippen molar-refractivity contribution in [2.45, 2.75) is 6.42 Å². The zero-order valence-electron chi connectivity index (χ0n) is 33.0. The fourth-order valence-corrected chi connectivity index (χ4v) is 20.7. The molecule has 59 heavy (non-hydrogen) atoms. The van der Waals surface area contributed by atoms with E-state index in [1.54, 1.807) is 0 Å². The van der Waals surface area contributed by atoms with Crippen LogP contribution in [0.1, 0.15) is 6.42 Å². The van der Waals surface area contributed by atoms with Crippen LogP contribution in [0.2, 0.25) is 0 Å². The standard InChI is InChI=1S/C27H26P2.C25H22P2.2BrH.Pt/c1-5-14-24(15-6-1)28(25-16-7-2-8-17-25)22-13-23-29(26-18-9-3-10-19-26)27-20-11-4-12-21-27;1-5-13-22(14-6-1)26(23-15-7-2-8-16-23)21-27(24-17-9-3-10-18-24)25-19-11-4-12-20-25;;;/h1-12,14-21H,13,22-23H2;1-20H,21H2;2*1H;/q;;;;+2/p+2. The van der Waals surface area contributed by atoms with E-state index in [-0.39, 0.29) is 55.0 Å². The van der Waals surface area contributed by atoms with Gasteiger partial charge in [0, 0.05) is 6.42 Å². The van der Waals surface area contributed by atoms with Crippen molar-refractivity contribution in [1.82, 2.24) is 0 Å². The smallest absolute Gasteiger partial charge is 1.00 e. The largest absolute Gasteiger partial charge is 2.00 e. The molecule has 8 aromatic carbocycles. The molecule has 0 amide bonds. The van der Waals surface area contributed by atoms with Crippen molar-refractivity contribution in [1.29, 1.82) is 0 Å². The van der Waals surface area contributed by atoms with Crippen molar-refractivity contribution in [3.8, 4) is 0 Å². The van der Waals surface area contributed by atoms with E-state index in [1.807, 2.05) is 0 Å². The van der Waals surface area contributed by atoms with Gasteiger partial charge in [-0.1, -0.05) is 146 Å². The summed E-state index contributed by atoms with van der Waals surface area (Å²) >= 11 is 0. The van der Waals surface area contributed by atoms with Gasteiger partial charge >= 0.3 is 21.1 Å². The fraction of sp³-hybridized carbons (Fsp3) is 0.0769. The van der Waals surface area contributed by atoms with Crippen molar-refractivity contribution in [3.05, 3.63) is 243 Å². The van der Waals surface area contributed by atoms with E-state index >= 15 is 0 Å². The Morgan fingerprint density at radius 1 is 0.220 bits per heavy atom. The molecule has 8 rings (SSSR count). The molecule has 0 radical (unpaired) electrons. The molecule has 0 nitrogen and oxygen atoms in total. The molecule has 0 unspecified atom stereocenters. The number of rotatable bonds is 14. The van der Waals surface area contributed by atoms with Crippen LogP contribution < -0.4 is 76.4 Å². The molecule has 0 aliphatic carbocycles. The predicted molar refractivity (Wildman–Crippen MR) is 261 cm³/mol. The zero-order chi connectivity index (χ0) is 38.0. The van der Waals surface area contributed by atoms with Gasteiger partial charge in [-0.15, -0.1) is 0 Å². The molecule has 0 N–H and O–H groups in total. The van der Waals surface area contributed by atoms with E-state index < -0.39 is 31.7 Å². The molecule has 300 valence electrons. The van der Waals surface area contributed by atoms with Gasteiger partial charge in [-0.3, -0.25) is 0 Å². The van der Waals surface area contributed by atoms with Crippen LogP contribution in [-0.4, -0.2) is 18.2 Å². The van der Waals surface area contributed by atoms with Crippen LogP contribution in [-0.2, 0) is 21.1 Å². The molecule has 0 fully saturated rings. The Morgan fingerprint density at radius 3 is 0.542 bits per heavy atom. The van der Waals surface area contributed by atoms with Gasteiger partial charge in [-0.05, 0) is 97.1 Å². The summed E-state index contributed by atoms with van der Waals surface area (Å²) in [6.07, 6.45) is 3.84. The number of benzene rings is 8. The van der Waals surface area contributed by atoms with Crippen molar-refractivity contribution >= 4 is 74.1 Å². The molecular formula is C52H52Br2P4Pt+4. The number of halogens is 2. The summed E-state index contributed by atoms with van der Waals surface area (Å²) in [5, 5.41) is 12.1. The molecule has 0 atom stereocenters. The summed E-state index contributed by atoms with van der Waals surface area (Å²) in [5.41, 5.74) is 0.